The Kier molecular flexibility index (Phi) is 3.88. The summed E-state index contributed by atoms with van der Waals surface area (Å²) in [7, 11) is -3.39. The van der Waals surface area contributed by atoms with Crippen molar-refractivity contribution in [3.8, 4) is 0 Å². The van der Waals surface area contributed by atoms with Crippen molar-refractivity contribution in [2.75, 3.05) is 18.8 Å². The third kappa shape index (κ3) is 3.26. The van der Waals surface area contributed by atoms with Crippen LogP contribution in [0.5, 0.6) is 0 Å². The second-order valence-electron chi connectivity index (χ2n) is 3.39. The molecule has 0 saturated carbocycles. The van der Waals surface area contributed by atoms with E-state index >= 15 is 0 Å². The van der Waals surface area contributed by atoms with E-state index in [1.54, 1.807) is 0 Å². The molecule has 0 bridgehead atoms. The molecule has 0 aromatic rings. The molecule has 6 heteroatoms. The van der Waals surface area contributed by atoms with Gasteiger partial charge in [0.15, 0.2) is 0 Å². The van der Waals surface area contributed by atoms with Gasteiger partial charge in [-0.1, -0.05) is 0 Å². The zero-order chi connectivity index (χ0) is 10.6. The summed E-state index contributed by atoms with van der Waals surface area (Å²) in [5.74, 6) is -0.560. The van der Waals surface area contributed by atoms with Crippen LogP contribution in [0.4, 0.5) is 0 Å². The molecule has 2 N–H and O–H groups in total. The van der Waals surface area contributed by atoms with E-state index < -0.39 is 10.0 Å². The van der Waals surface area contributed by atoms with E-state index in [-0.39, 0.29) is 17.6 Å². The maximum Gasteiger partial charge on any atom is 0.236 e. The Morgan fingerprint density at radius 2 is 2.00 bits per heavy atom. The Balaban J connectivity index is 2.49. The summed E-state index contributed by atoms with van der Waals surface area (Å²) in [6.45, 7) is 3.08. The molecule has 0 atom stereocenters. The van der Waals surface area contributed by atoms with E-state index in [9.17, 15) is 13.2 Å². The summed E-state index contributed by atoms with van der Waals surface area (Å²) >= 11 is 0. The molecule has 0 spiro atoms. The number of hydrogen-bond acceptors (Lipinski definition) is 4. The molecule has 5 nitrogen and oxygen atoms in total. The summed E-state index contributed by atoms with van der Waals surface area (Å²) in [5.41, 5.74) is 0. The first-order valence-electron chi connectivity index (χ1n) is 4.80. The Hall–Kier alpha value is -0.620. The molecule has 0 aliphatic carbocycles. The third-order valence-electron chi connectivity index (χ3n) is 2.35. The normalized spacial score (nSPS) is 19.2. The van der Waals surface area contributed by atoms with Crippen molar-refractivity contribution in [1.29, 1.82) is 0 Å². The number of rotatable bonds is 3. The first kappa shape index (κ1) is 11.5. The number of nitrogens with one attached hydrogen (secondary N) is 2. The third-order valence-corrected chi connectivity index (χ3v) is 3.62. The van der Waals surface area contributed by atoms with Gasteiger partial charge < -0.3 is 5.32 Å². The Morgan fingerprint density at radius 1 is 1.43 bits per heavy atom. The number of carbonyl (C=O) groups excluding carboxylic acids is 1. The predicted octanol–water partition coefficient (Wildman–Crippen LogP) is -0.548. The van der Waals surface area contributed by atoms with Gasteiger partial charge in [0.05, 0.1) is 5.75 Å². The van der Waals surface area contributed by atoms with Gasteiger partial charge in [-0.15, -0.1) is 0 Å². The summed E-state index contributed by atoms with van der Waals surface area (Å²) in [4.78, 5) is 11.5. The lowest BCUT2D eigenvalue weighted by Gasteiger charge is -2.21. The number of hydrogen-bond donors (Lipinski definition) is 2. The van der Waals surface area contributed by atoms with Gasteiger partial charge in [-0.05, 0) is 32.9 Å². The summed E-state index contributed by atoms with van der Waals surface area (Å²) in [5, 5.41) is 3.12. The van der Waals surface area contributed by atoms with Crippen molar-refractivity contribution in [3.63, 3.8) is 0 Å². The van der Waals surface area contributed by atoms with Gasteiger partial charge in [0.1, 0.15) is 0 Å². The van der Waals surface area contributed by atoms with E-state index in [1.165, 1.54) is 6.92 Å². The summed E-state index contributed by atoms with van der Waals surface area (Å²) < 4.78 is 24.3. The molecule has 1 amide bonds. The Morgan fingerprint density at radius 3 is 2.50 bits per heavy atom. The minimum atomic E-state index is -3.39. The van der Waals surface area contributed by atoms with Crippen LogP contribution < -0.4 is 10.0 Å². The number of amides is 1. The molecule has 1 aliphatic heterocycles. The zero-order valence-electron chi connectivity index (χ0n) is 8.25. The predicted molar refractivity (Wildman–Crippen MR) is 53.2 cm³/mol. The monoisotopic (exact) mass is 220 g/mol. The molecule has 1 aliphatic rings. The lowest BCUT2D eigenvalue weighted by molar-refractivity contribution is -0.123. The lowest BCUT2D eigenvalue weighted by atomic mass is 9.98. The average Bonchev–Trinajstić information content (AvgIpc) is 2.19. The van der Waals surface area contributed by atoms with E-state index in [2.05, 4.69) is 10.0 Å². The van der Waals surface area contributed by atoms with Crippen LogP contribution in [0, 0.1) is 5.92 Å². The molecule has 1 rings (SSSR count). The van der Waals surface area contributed by atoms with Gasteiger partial charge in [-0.2, -0.15) is 0 Å². The smallest absolute Gasteiger partial charge is 0.236 e. The molecule has 0 aromatic heterocycles. The molecule has 0 aromatic carbocycles. The highest BCUT2D eigenvalue weighted by Gasteiger charge is 2.23. The van der Waals surface area contributed by atoms with Crippen molar-refractivity contribution >= 4 is 15.9 Å². The van der Waals surface area contributed by atoms with Crippen molar-refractivity contribution in [2.24, 2.45) is 5.92 Å². The molecule has 1 saturated heterocycles. The van der Waals surface area contributed by atoms with Crippen LogP contribution in [0.3, 0.4) is 0 Å². The highest BCUT2D eigenvalue weighted by atomic mass is 32.2. The second-order valence-corrected chi connectivity index (χ2v) is 5.40. The van der Waals surface area contributed by atoms with Gasteiger partial charge >= 0.3 is 0 Å². The summed E-state index contributed by atoms with van der Waals surface area (Å²) in [6, 6.07) is 0. The largest absolute Gasteiger partial charge is 0.317 e. The highest BCUT2D eigenvalue weighted by Crippen LogP contribution is 2.11. The van der Waals surface area contributed by atoms with Crippen molar-refractivity contribution in [2.45, 2.75) is 19.8 Å². The van der Waals surface area contributed by atoms with Crippen molar-refractivity contribution < 1.29 is 13.2 Å². The maximum absolute atomic E-state index is 11.5. The molecule has 0 unspecified atom stereocenters. The maximum atomic E-state index is 11.5. The van der Waals surface area contributed by atoms with Crippen LogP contribution in [-0.4, -0.2) is 33.2 Å². The quantitative estimate of drug-likeness (QED) is 0.669. The Bertz CT molecular complexity index is 294. The topological polar surface area (TPSA) is 75.3 Å². The molecule has 14 heavy (non-hydrogen) atoms. The molecular weight excluding hydrogens is 204 g/mol. The first-order chi connectivity index (χ1) is 6.55. The number of piperidine rings is 1. The fraction of sp³-hybridized carbons (Fsp3) is 0.875. The van der Waals surface area contributed by atoms with E-state index in [4.69, 9.17) is 0 Å². The highest BCUT2D eigenvalue weighted by molar-refractivity contribution is 7.90. The van der Waals surface area contributed by atoms with Crippen LogP contribution in [0.1, 0.15) is 19.8 Å². The fourth-order valence-electron chi connectivity index (χ4n) is 1.39. The van der Waals surface area contributed by atoms with Gasteiger partial charge in [-0.3, -0.25) is 9.52 Å². The van der Waals surface area contributed by atoms with Gasteiger partial charge in [0.25, 0.3) is 0 Å². The van der Waals surface area contributed by atoms with E-state index in [0.29, 0.717) is 12.8 Å². The van der Waals surface area contributed by atoms with Crippen LogP contribution in [0.15, 0.2) is 0 Å². The number of carbonyl (C=O) groups is 1. The zero-order valence-corrected chi connectivity index (χ0v) is 9.06. The van der Waals surface area contributed by atoms with Crippen LogP contribution in [0.2, 0.25) is 0 Å². The van der Waals surface area contributed by atoms with Crippen LogP contribution in [-0.2, 0) is 14.8 Å². The van der Waals surface area contributed by atoms with Crippen molar-refractivity contribution in [3.05, 3.63) is 0 Å². The van der Waals surface area contributed by atoms with Gasteiger partial charge in [-0.25, -0.2) is 8.42 Å². The SMILES string of the molecule is CCS(=O)(=O)NC(=O)C1CCNCC1. The van der Waals surface area contributed by atoms with Gasteiger partial charge in [0, 0.05) is 5.92 Å². The van der Waals surface area contributed by atoms with E-state index in [0.717, 1.165) is 13.1 Å². The molecule has 1 fully saturated rings. The average molecular weight is 220 g/mol. The first-order valence-corrected chi connectivity index (χ1v) is 6.45. The molecule has 82 valence electrons. The Labute approximate surface area is 84.3 Å². The minimum Gasteiger partial charge on any atom is -0.317 e. The van der Waals surface area contributed by atoms with Crippen LogP contribution >= 0.6 is 0 Å². The van der Waals surface area contributed by atoms with Gasteiger partial charge in [0.2, 0.25) is 15.9 Å². The minimum absolute atomic E-state index is 0.0519. The molecule has 0 radical (unpaired) electrons. The van der Waals surface area contributed by atoms with E-state index in [1.807, 2.05) is 0 Å². The fourth-order valence-corrected chi connectivity index (χ4v) is 2.01. The van der Waals surface area contributed by atoms with Crippen LogP contribution in [0.25, 0.3) is 0 Å². The van der Waals surface area contributed by atoms with Crippen molar-refractivity contribution in [1.82, 2.24) is 10.0 Å². The summed E-state index contributed by atoms with van der Waals surface area (Å²) in [6.07, 6.45) is 1.43. The lowest BCUT2D eigenvalue weighted by Crippen LogP contribution is -2.41. The molecule has 1 heterocycles. The standard InChI is InChI=1S/C8H16N2O3S/c1-2-14(12,13)10-8(11)7-3-5-9-6-4-7/h7,9H,2-6H2,1H3,(H,10,11). The second kappa shape index (κ2) is 4.75. The molecular formula is C8H16N2O3S. The number of sulfonamides is 1.